The molecule has 1 spiro atoms. The van der Waals surface area contributed by atoms with Crippen LogP contribution in [-0.2, 0) is 24.7 Å². The van der Waals surface area contributed by atoms with Crippen LogP contribution in [0.4, 0.5) is 0 Å². The molecular formula is C15H24N4O. The number of hydrogen-bond donors (Lipinski definition) is 1. The Morgan fingerprint density at radius 2 is 2.30 bits per heavy atom. The van der Waals surface area contributed by atoms with E-state index in [1.54, 1.807) is 0 Å². The minimum Gasteiger partial charge on any atom is -0.340 e. The largest absolute Gasteiger partial charge is 0.340 e. The molecule has 1 unspecified atom stereocenters. The SMILES string of the molecule is CCc1cc(CC(=O)N2CC(N)C3(CCC3)C2)n(C)n1. The van der Waals surface area contributed by atoms with Gasteiger partial charge in [-0.05, 0) is 25.3 Å². The number of carbonyl (C=O) groups is 1. The Labute approximate surface area is 120 Å². The van der Waals surface area contributed by atoms with Crippen LogP contribution >= 0.6 is 0 Å². The van der Waals surface area contributed by atoms with Gasteiger partial charge in [0, 0.05) is 37.3 Å². The van der Waals surface area contributed by atoms with E-state index in [4.69, 9.17) is 5.73 Å². The maximum Gasteiger partial charge on any atom is 0.228 e. The molecule has 0 radical (unpaired) electrons. The summed E-state index contributed by atoms with van der Waals surface area (Å²) in [6.07, 6.45) is 4.97. The summed E-state index contributed by atoms with van der Waals surface area (Å²) in [5, 5.41) is 4.40. The Hall–Kier alpha value is -1.36. The Bertz CT molecular complexity index is 518. The lowest BCUT2D eigenvalue weighted by molar-refractivity contribution is -0.130. The summed E-state index contributed by atoms with van der Waals surface area (Å²) in [6.45, 7) is 3.65. The van der Waals surface area contributed by atoms with E-state index >= 15 is 0 Å². The van der Waals surface area contributed by atoms with E-state index in [1.165, 1.54) is 19.3 Å². The van der Waals surface area contributed by atoms with Crippen molar-refractivity contribution in [2.75, 3.05) is 13.1 Å². The number of hydrogen-bond acceptors (Lipinski definition) is 3. The van der Waals surface area contributed by atoms with Crippen LogP contribution in [0.25, 0.3) is 0 Å². The van der Waals surface area contributed by atoms with E-state index < -0.39 is 0 Å². The van der Waals surface area contributed by atoms with Crippen LogP contribution in [0.1, 0.15) is 37.6 Å². The minimum absolute atomic E-state index is 0.165. The maximum absolute atomic E-state index is 12.5. The molecule has 1 saturated heterocycles. The van der Waals surface area contributed by atoms with Crippen LogP contribution in [0.15, 0.2) is 6.07 Å². The Morgan fingerprint density at radius 3 is 2.80 bits per heavy atom. The number of rotatable bonds is 3. The molecule has 2 aliphatic rings. The minimum atomic E-state index is 0.165. The van der Waals surface area contributed by atoms with E-state index in [0.29, 0.717) is 6.42 Å². The number of aryl methyl sites for hydroxylation is 2. The quantitative estimate of drug-likeness (QED) is 0.891. The van der Waals surface area contributed by atoms with Crippen molar-refractivity contribution >= 4 is 5.91 Å². The standard InChI is InChI=1S/C15H24N4O/c1-3-11-7-12(18(2)17-11)8-14(20)19-9-13(16)15(10-19)5-4-6-15/h7,13H,3-6,8-10,16H2,1-2H3. The molecule has 2 N–H and O–H groups in total. The summed E-state index contributed by atoms with van der Waals surface area (Å²) >= 11 is 0. The molecule has 1 aromatic heterocycles. The molecule has 2 fully saturated rings. The highest BCUT2D eigenvalue weighted by Crippen LogP contribution is 2.47. The topological polar surface area (TPSA) is 64.2 Å². The Morgan fingerprint density at radius 1 is 1.55 bits per heavy atom. The second-order valence-electron chi connectivity index (χ2n) is 6.38. The third-order valence-corrected chi connectivity index (χ3v) is 5.13. The zero-order chi connectivity index (χ0) is 14.3. The first kappa shape index (κ1) is 13.6. The summed E-state index contributed by atoms with van der Waals surface area (Å²) in [5.41, 5.74) is 8.51. The van der Waals surface area contributed by atoms with Crippen molar-refractivity contribution in [1.29, 1.82) is 0 Å². The molecule has 20 heavy (non-hydrogen) atoms. The lowest BCUT2D eigenvalue weighted by atomic mass is 9.66. The molecule has 110 valence electrons. The first-order chi connectivity index (χ1) is 9.54. The van der Waals surface area contributed by atoms with E-state index in [-0.39, 0.29) is 17.4 Å². The average Bonchev–Trinajstić information content (AvgIpc) is 2.90. The molecule has 1 atom stereocenters. The summed E-state index contributed by atoms with van der Waals surface area (Å²) in [7, 11) is 1.91. The van der Waals surface area contributed by atoms with Crippen LogP contribution < -0.4 is 5.73 Å². The molecule has 2 heterocycles. The first-order valence-corrected chi connectivity index (χ1v) is 7.59. The highest BCUT2D eigenvalue weighted by molar-refractivity contribution is 5.79. The summed E-state index contributed by atoms with van der Waals surface area (Å²) in [5.74, 6) is 0.190. The van der Waals surface area contributed by atoms with Crippen LogP contribution in [0.2, 0.25) is 0 Å². The van der Waals surface area contributed by atoms with Crippen molar-refractivity contribution in [1.82, 2.24) is 14.7 Å². The van der Waals surface area contributed by atoms with E-state index in [1.807, 2.05) is 22.7 Å². The van der Waals surface area contributed by atoms with Crippen LogP contribution in [0.5, 0.6) is 0 Å². The second-order valence-corrected chi connectivity index (χ2v) is 6.38. The summed E-state index contributed by atoms with van der Waals surface area (Å²) in [4.78, 5) is 14.4. The Kier molecular flexibility index (Phi) is 3.32. The number of aromatic nitrogens is 2. The fourth-order valence-electron chi connectivity index (χ4n) is 3.52. The van der Waals surface area contributed by atoms with Gasteiger partial charge in [0.25, 0.3) is 0 Å². The Balaban J connectivity index is 1.66. The number of likely N-dealkylation sites (tertiary alicyclic amines) is 1. The van der Waals surface area contributed by atoms with Crippen molar-refractivity contribution < 1.29 is 4.79 Å². The highest BCUT2D eigenvalue weighted by atomic mass is 16.2. The van der Waals surface area contributed by atoms with Crippen LogP contribution in [0.3, 0.4) is 0 Å². The predicted molar refractivity (Wildman–Crippen MR) is 77.1 cm³/mol. The molecule has 3 rings (SSSR count). The van der Waals surface area contributed by atoms with Gasteiger partial charge in [0.15, 0.2) is 0 Å². The third kappa shape index (κ3) is 2.14. The van der Waals surface area contributed by atoms with Gasteiger partial charge in [0.05, 0.1) is 12.1 Å². The van der Waals surface area contributed by atoms with Crippen LogP contribution in [-0.4, -0.2) is 39.7 Å². The van der Waals surface area contributed by atoms with Crippen molar-refractivity contribution in [3.05, 3.63) is 17.5 Å². The fourth-order valence-corrected chi connectivity index (χ4v) is 3.52. The smallest absolute Gasteiger partial charge is 0.228 e. The van der Waals surface area contributed by atoms with E-state index in [0.717, 1.165) is 30.9 Å². The lowest BCUT2D eigenvalue weighted by Gasteiger charge is -2.41. The monoisotopic (exact) mass is 276 g/mol. The van der Waals surface area contributed by atoms with Gasteiger partial charge in [-0.25, -0.2) is 0 Å². The van der Waals surface area contributed by atoms with Gasteiger partial charge < -0.3 is 10.6 Å². The molecule has 1 aromatic rings. The normalized spacial score (nSPS) is 24.1. The average molecular weight is 276 g/mol. The molecule has 5 nitrogen and oxygen atoms in total. The van der Waals surface area contributed by atoms with Crippen molar-refractivity contribution in [3.8, 4) is 0 Å². The van der Waals surface area contributed by atoms with Gasteiger partial charge in [-0.15, -0.1) is 0 Å². The molecule has 1 aliphatic heterocycles. The number of carbonyl (C=O) groups excluding carboxylic acids is 1. The van der Waals surface area contributed by atoms with Gasteiger partial charge >= 0.3 is 0 Å². The molecule has 1 saturated carbocycles. The number of amides is 1. The van der Waals surface area contributed by atoms with Crippen LogP contribution in [0, 0.1) is 5.41 Å². The second kappa shape index (κ2) is 4.88. The predicted octanol–water partition coefficient (Wildman–Crippen LogP) is 0.865. The van der Waals surface area contributed by atoms with Gasteiger partial charge in [-0.1, -0.05) is 13.3 Å². The molecule has 0 aromatic carbocycles. The zero-order valence-corrected chi connectivity index (χ0v) is 12.4. The van der Waals surface area contributed by atoms with Crippen molar-refractivity contribution in [2.45, 2.75) is 45.1 Å². The lowest BCUT2D eigenvalue weighted by Crippen LogP contribution is -2.45. The molecular weight excluding hydrogens is 252 g/mol. The molecule has 5 heteroatoms. The van der Waals surface area contributed by atoms with Gasteiger partial charge in [-0.2, -0.15) is 5.10 Å². The zero-order valence-electron chi connectivity index (χ0n) is 12.4. The van der Waals surface area contributed by atoms with Crippen molar-refractivity contribution in [3.63, 3.8) is 0 Å². The number of nitrogens with two attached hydrogens (primary N) is 1. The van der Waals surface area contributed by atoms with E-state index in [9.17, 15) is 4.79 Å². The summed E-state index contributed by atoms with van der Waals surface area (Å²) in [6, 6.07) is 2.20. The number of nitrogens with zero attached hydrogens (tertiary/aromatic N) is 3. The highest BCUT2D eigenvalue weighted by Gasteiger charge is 2.49. The molecule has 1 aliphatic carbocycles. The summed E-state index contributed by atoms with van der Waals surface area (Å²) < 4.78 is 1.83. The van der Waals surface area contributed by atoms with Crippen molar-refractivity contribution in [2.24, 2.45) is 18.2 Å². The van der Waals surface area contributed by atoms with Gasteiger partial charge in [0.2, 0.25) is 5.91 Å². The fraction of sp³-hybridized carbons (Fsp3) is 0.733. The molecule has 0 bridgehead atoms. The molecule has 1 amide bonds. The van der Waals surface area contributed by atoms with E-state index in [2.05, 4.69) is 12.0 Å². The van der Waals surface area contributed by atoms with Gasteiger partial charge in [-0.3, -0.25) is 9.48 Å². The third-order valence-electron chi connectivity index (χ3n) is 5.13. The maximum atomic E-state index is 12.5. The first-order valence-electron chi connectivity index (χ1n) is 7.59. The van der Waals surface area contributed by atoms with Gasteiger partial charge in [0.1, 0.15) is 0 Å².